The van der Waals surface area contributed by atoms with Crippen molar-refractivity contribution in [2.24, 2.45) is 0 Å². The predicted octanol–water partition coefficient (Wildman–Crippen LogP) is 5.20. The Hall–Kier alpha value is -3.06. The minimum atomic E-state index is -0.438. The van der Waals surface area contributed by atoms with E-state index in [0.29, 0.717) is 36.0 Å². The van der Waals surface area contributed by atoms with E-state index in [0.717, 1.165) is 15.6 Å². The molecule has 0 aliphatic rings. The van der Waals surface area contributed by atoms with Gasteiger partial charge in [0.15, 0.2) is 11.5 Å². The van der Waals surface area contributed by atoms with E-state index in [1.165, 1.54) is 0 Å². The van der Waals surface area contributed by atoms with Gasteiger partial charge in [0.2, 0.25) is 0 Å². The van der Waals surface area contributed by atoms with E-state index in [2.05, 4.69) is 20.9 Å². The molecule has 0 radical (unpaired) electrons. The number of imidazole rings is 1. The molecule has 0 bridgehead atoms. The standard InChI is InChI=1S/C24H25BrN2O4/c1-4-30-22-20(25)14-18(15-21(22)29-3)13-19(24(28)31-5-2)23-26-11-12-27(23)16-17-9-7-6-8-10-17/h6-15H,4-5,16H2,1-3H3/b19-13+. The zero-order valence-electron chi connectivity index (χ0n) is 17.8. The predicted molar refractivity (Wildman–Crippen MR) is 124 cm³/mol. The summed E-state index contributed by atoms with van der Waals surface area (Å²) >= 11 is 3.53. The van der Waals surface area contributed by atoms with E-state index in [1.54, 1.807) is 26.3 Å². The van der Waals surface area contributed by atoms with Gasteiger partial charge in [0, 0.05) is 18.9 Å². The SMILES string of the molecule is CCOC(=O)/C(=C/c1cc(Br)c(OCC)c(OC)c1)c1nccn1Cc1ccccc1. The summed E-state index contributed by atoms with van der Waals surface area (Å²) in [6.45, 7) is 5.05. The Labute approximate surface area is 190 Å². The summed E-state index contributed by atoms with van der Waals surface area (Å²) in [7, 11) is 1.58. The van der Waals surface area contributed by atoms with Gasteiger partial charge in [-0.3, -0.25) is 0 Å². The quantitative estimate of drug-likeness (QED) is 0.308. The van der Waals surface area contributed by atoms with Crippen molar-refractivity contribution in [1.82, 2.24) is 9.55 Å². The van der Waals surface area contributed by atoms with E-state index in [-0.39, 0.29) is 6.61 Å². The molecule has 0 amide bonds. The van der Waals surface area contributed by atoms with Gasteiger partial charge in [-0.15, -0.1) is 0 Å². The Balaban J connectivity index is 2.06. The van der Waals surface area contributed by atoms with Gasteiger partial charge in [0.25, 0.3) is 0 Å². The number of aromatic nitrogens is 2. The largest absolute Gasteiger partial charge is 0.493 e. The monoisotopic (exact) mass is 484 g/mol. The first-order chi connectivity index (χ1) is 15.1. The number of halogens is 1. The average Bonchev–Trinajstić information content (AvgIpc) is 3.22. The Kier molecular flexibility index (Phi) is 7.89. The first kappa shape index (κ1) is 22.6. The van der Waals surface area contributed by atoms with Crippen LogP contribution in [-0.4, -0.2) is 35.8 Å². The van der Waals surface area contributed by atoms with Crippen LogP contribution in [0.1, 0.15) is 30.8 Å². The lowest BCUT2D eigenvalue weighted by Gasteiger charge is -2.14. The van der Waals surface area contributed by atoms with Crippen molar-refractivity contribution in [2.75, 3.05) is 20.3 Å². The maximum absolute atomic E-state index is 12.8. The molecule has 3 rings (SSSR count). The molecule has 31 heavy (non-hydrogen) atoms. The molecule has 0 unspecified atom stereocenters. The molecule has 0 atom stereocenters. The summed E-state index contributed by atoms with van der Waals surface area (Å²) in [5.41, 5.74) is 2.22. The van der Waals surface area contributed by atoms with E-state index in [9.17, 15) is 4.79 Å². The third kappa shape index (κ3) is 5.55. The van der Waals surface area contributed by atoms with Crippen LogP contribution in [0.3, 0.4) is 0 Å². The lowest BCUT2D eigenvalue weighted by Crippen LogP contribution is -2.12. The number of hydrogen-bond acceptors (Lipinski definition) is 5. The van der Waals surface area contributed by atoms with Gasteiger partial charge < -0.3 is 18.8 Å². The number of nitrogens with zero attached hydrogens (tertiary/aromatic N) is 2. The highest BCUT2D eigenvalue weighted by molar-refractivity contribution is 9.10. The molecule has 0 fully saturated rings. The fraction of sp³-hybridized carbons (Fsp3) is 0.250. The van der Waals surface area contributed by atoms with E-state index in [4.69, 9.17) is 14.2 Å². The van der Waals surface area contributed by atoms with Crippen molar-refractivity contribution in [1.29, 1.82) is 0 Å². The lowest BCUT2D eigenvalue weighted by atomic mass is 10.1. The highest BCUT2D eigenvalue weighted by atomic mass is 79.9. The van der Waals surface area contributed by atoms with Crippen molar-refractivity contribution >= 4 is 33.5 Å². The second-order valence-corrected chi connectivity index (χ2v) is 7.46. The fourth-order valence-corrected chi connectivity index (χ4v) is 3.73. The number of carbonyl (C=O) groups excluding carboxylic acids is 1. The molecule has 0 saturated heterocycles. The fourth-order valence-electron chi connectivity index (χ4n) is 3.16. The zero-order valence-corrected chi connectivity index (χ0v) is 19.4. The molecule has 6 nitrogen and oxygen atoms in total. The van der Waals surface area contributed by atoms with Crippen LogP contribution in [0.2, 0.25) is 0 Å². The summed E-state index contributed by atoms with van der Waals surface area (Å²) in [6.07, 6.45) is 5.29. The van der Waals surface area contributed by atoms with Crippen molar-refractivity contribution in [3.63, 3.8) is 0 Å². The number of ether oxygens (including phenoxy) is 3. The third-order valence-electron chi connectivity index (χ3n) is 4.50. The minimum Gasteiger partial charge on any atom is -0.493 e. The van der Waals surface area contributed by atoms with Gasteiger partial charge >= 0.3 is 5.97 Å². The zero-order chi connectivity index (χ0) is 22.2. The van der Waals surface area contributed by atoms with Gasteiger partial charge in [-0.05, 0) is 59.1 Å². The smallest absolute Gasteiger partial charge is 0.341 e. The molecule has 1 aromatic heterocycles. The van der Waals surface area contributed by atoms with Gasteiger partial charge in [-0.1, -0.05) is 30.3 Å². The van der Waals surface area contributed by atoms with Crippen LogP contribution in [0.4, 0.5) is 0 Å². The molecule has 0 spiro atoms. The van der Waals surface area contributed by atoms with Crippen molar-refractivity contribution in [2.45, 2.75) is 20.4 Å². The summed E-state index contributed by atoms with van der Waals surface area (Å²) in [5.74, 6) is 1.28. The molecule has 162 valence electrons. The van der Waals surface area contributed by atoms with Crippen LogP contribution in [-0.2, 0) is 16.1 Å². The molecule has 0 aliphatic carbocycles. The summed E-state index contributed by atoms with van der Waals surface area (Å²) in [6, 6.07) is 13.7. The van der Waals surface area contributed by atoms with Crippen LogP contribution in [0.15, 0.2) is 59.3 Å². The third-order valence-corrected chi connectivity index (χ3v) is 5.09. The topological polar surface area (TPSA) is 62.6 Å². The summed E-state index contributed by atoms with van der Waals surface area (Å²) in [4.78, 5) is 17.3. The van der Waals surface area contributed by atoms with E-state index >= 15 is 0 Å². The second-order valence-electron chi connectivity index (χ2n) is 6.61. The molecular weight excluding hydrogens is 460 g/mol. The van der Waals surface area contributed by atoms with Gasteiger partial charge in [-0.2, -0.15) is 0 Å². The molecule has 0 saturated carbocycles. The Morgan fingerprint density at radius 2 is 1.94 bits per heavy atom. The maximum Gasteiger partial charge on any atom is 0.341 e. The summed E-state index contributed by atoms with van der Waals surface area (Å²) < 4.78 is 19.1. The number of benzene rings is 2. The van der Waals surface area contributed by atoms with Crippen LogP contribution in [0.5, 0.6) is 11.5 Å². The van der Waals surface area contributed by atoms with Crippen LogP contribution < -0.4 is 9.47 Å². The van der Waals surface area contributed by atoms with Crippen molar-refractivity contribution in [3.8, 4) is 11.5 Å². The highest BCUT2D eigenvalue weighted by Crippen LogP contribution is 2.37. The second kappa shape index (κ2) is 10.8. The minimum absolute atomic E-state index is 0.270. The number of methoxy groups -OCH3 is 1. The summed E-state index contributed by atoms with van der Waals surface area (Å²) in [5, 5.41) is 0. The van der Waals surface area contributed by atoms with Crippen LogP contribution in [0, 0.1) is 0 Å². The highest BCUT2D eigenvalue weighted by Gasteiger charge is 2.20. The number of rotatable bonds is 9. The Morgan fingerprint density at radius 3 is 2.61 bits per heavy atom. The average molecular weight is 485 g/mol. The molecular formula is C24H25BrN2O4. The molecule has 0 N–H and O–H groups in total. The normalized spacial score (nSPS) is 11.3. The molecule has 2 aromatic carbocycles. The van der Waals surface area contributed by atoms with Crippen LogP contribution in [0.25, 0.3) is 11.6 Å². The molecule has 1 heterocycles. The first-order valence-corrected chi connectivity index (χ1v) is 10.8. The van der Waals surface area contributed by atoms with E-state index < -0.39 is 5.97 Å². The van der Waals surface area contributed by atoms with E-state index in [1.807, 2.05) is 60.2 Å². The lowest BCUT2D eigenvalue weighted by molar-refractivity contribution is -0.136. The first-order valence-electron chi connectivity index (χ1n) is 10.0. The molecule has 0 aliphatic heterocycles. The number of carbonyl (C=O) groups is 1. The van der Waals surface area contributed by atoms with Gasteiger partial charge in [0.05, 0.1) is 24.8 Å². The molecule has 3 aromatic rings. The van der Waals surface area contributed by atoms with Gasteiger partial charge in [0.1, 0.15) is 11.4 Å². The Bertz CT molecular complexity index is 1060. The maximum atomic E-state index is 12.8. The molecule has 7 heteroatoms. The van der Waals surface area contributed by atoms with Crippen molar-refractivity contribution in [3.05, 3.63) is 76.3 Å². The number of hydrogen-bond donors (Lipinski definition) is 0. The number of esters is 1. The van der Waals surface area contributed by atoms with Gasteiger partial charge in [-0.25, -0.2) is 9.78 Å². The van der Waals surface area contributed by atoms with Crippen LogP contribution >= 0.6 is 15.9 Å². The van der Waals surface area contributed by atoms with Crippen molar-refractivity contribution < 1.29 is 19.0 Å². The Morgan fingerprint density at radius 1 is 1.16 bits per heavy atom.